The highest BCUT2D eigenvalue weighted by Gasteiger charge is 2.30. The lowest BCUT2D eigenvalue weighted by Crippen LogP contribution is -2.48. The number of hydrogen-bond acceptors (Lipinski definition) is 5. The summed E-state index contributed by atoms with van der Waals surface area (Å²) >= 11 is 0. The maximum atomic E-state index is 13.0. The van der Waals surface area contributed by atoms with Crippen molar-refractivity contribution in [2.24, 2.45) is 7.05 Å². The molecule has 170 valence electrons. The van der Waals surface area contributed by atoms with Crippen LogP contribution in [0, 0.1) is 0 Å². The summed E-state index contributed by atoms with van der Waals surface area (Å²) in [6.07, 6.45) is -1.63. The number of aliphatic hydroxyl groups is 1. The van der Waals surface area contributed by atoms with Crippen molar-refractivity contribution in [3.8, 4) is 16.9 Å². The van der Waals surface area contributed by atoms with E-state index in [1.165, 1.54) is 49.1 Å². The average Bonchev–Trinajstić information content (AvgIpc) is 3.12. The Morgan fingerprint density at radius 3 is 2.31 bits per heavy atom. The van der Waals surface area contributed by atoms with Crippen LogP contribution in [-0.2, 0) is 13.2 Å². The first-order chi connectivity index (χ1) is 14.8. The quantitative estimate of drug-likeness (QED) is 0.623. The van der Waals surface area contributed by atoms with Gasteiger partial charge in [0.15, 0.2) is 0 Å². The third-order valence-electron chi connectivity index (χ3n) is 5.01. The van der Waals surface area contributed by atoms with Crippen LogP contribution in [0.25, 0.3) is 16.9 Å². The summed E-state index contributed by atoms with van der Waals surface area (Å²) in [5.74, 6) is -0.752. The summed E-state index contributed by atoms with van der Waals surface area (Å²) < 4.78 is 41.1. The Labute approximate surface area is 181 Å². The van der Waals surface area contributed by atoms with Gasteiger partial charge in [-0.05, 0) is 39.0 Å². The number of aryl methyl sites for hydroxylation is 1. The van der Waals surface area contributed by atoms with Gasteiger partial charge in [-0.25, -0.2) is 0 Å². The van der Waals surface area contributed by atoms with E-state index in [-0.39, 0.29) is 22.5 Å². The molecule has 2 aromatic heterocycles. The van der Waals surface area contributed by atoms with Crippen molar-refractivity contribution >= 4 is 5.91 Å². The number of nitrogens with one attached hydrogen (secondary N) is 1. The number of carbonyl (C=O) groups is 1. The van der Waals surface area contributed by atoms with Crippen LogP contribution in [0.15, 0.2) is 47.5 Å². The predicted molar refractivity (Wildman–Crippen MR) is 110 cm³/mol. The van der Waals surface area contributed by atoms with E-state index in [1.54, 1.807) is 14.0 Å². The molecule has 1 aromatic carbocycles. The zero-order chi connectivity index (χ0) is 23.8. The van der Waals surface area contributed by atoms with E-state index in [0.29, 0.717) is 0 Å². The van der Waals surface area contributed by atoms with Crippen molar-refractivity contribution in [3.63, 3.8) is 0 Å². The molecule has 32 heavy (non-hydrogen) atoms. The standard InChI is InChI=1S/C21H22F3N5O3/c1-12(20(2,3)32)26-18(30)16-9-17(13-5-7-14(8-6-13)21(22,23)24)27-29(19(16)31)15-10-25-28(4)11-15/h5-12,32H,1-4H3,(H,26,30). The van der Waals surface area contributed by atoms with E-state index >= 15 is 0 Å². The van der Waals surface area contributed by atoms with Gasteiger partial charge in [0.2, 0.25) is 0 Å². The van der Waals surface area contributed by atoms with Gasteiger partial charge in [-0.1, -0.05) is 12.1 Å². The van der Waals surface area contributed by atoms with E-state index in [4.69, 9.17) is 0 Å². The minimum Gasteiger partial charge on any atom is -0.388 e. The predicted octanol–water partition coefficient (Wildman–Crippen LogP) is 2.54. The molecule has 2 heterocycles. The maximum absolute atomic E-state index is 13.0. The second-order valence-electron chi connectivity index (χ2n) is 7.96. The molecular formula is C21H22F3N5O3. The molecule has 1 unspecified atom stereocenters. The van der Waals surface area contributed by atoms with Gasteiger partial charge in [0, 0.05) is 12.6 Å². The molecule has 0 saturated carbocycles. The van der Waals surface area contributed by atoms with E-state index in [2.05, 4.69) is 15.5 Å². The number of amides is 1. The van der Waals surface area contributed by atoms with E-state index < -0.39 is 34.8 Å². The minimum absolute atomic E-state index is 0.114. The summed E-state index contributed by atoms with van der Waals surface area (Å²) in [4.78, 5) is 25.9. The number of benzene rings is 1. The fourth-order valence-corrected chi connectivity index (χ4v) is 2.77. The molecular weight excluding hydrogens is 427 g/mol. The third kappa shape index (κ3) is 4.88. The maximum Gasteiger partial charge on any atom is 0.416 e. The summed E-state index contributed by atoms with van der Waals surface area (Å²) in [6.45, 7) is 4.59. The molecule has 0 saturated heterocycles. The minimum atomic E-state index is -4.50. The summed E-state index contributed by atoms with van der Waals surface area (Å²) in [5.41, 5.74) is -2.44. The largest absolute Gasteiger partial charge is 0.416 e. The number of alkyl halides is 3. The van der Waals surface area contributed by atoms with Gasteiger partial charge < -0.3 is 10.4 Å². The Kier molecular flexibility index (Phi) is 5.96. The van der Waals surface area contributed by atoms with Gasteiger partial charge in [-0.15, -0.1) is 0 Å². The number of aromatic nitrogens is 4. The van der Waals surface area contributed by atoms with Gasteiger partial charge in [0.05, 0.1) is 35.3 Å². The second kappa shape index (κ2) is 8.23. The molecule has 0 aliphatic carbocycles. The number of carbonyl (C=O) groups excluding carboxylic acids is 1. The van der Waals surface area contributed by atoms with Crippen LogP contribution in [0.1, 0.15) is 36.7 Å². The van der Waals surface area contributed by atoms with Crippen molar-refractivity contribution in [1.29, 1.82) is 0 Å². The number of hydrogen-bond donors (Lipinski definition) is 2. The van der Waals surface area contributed by atoms with Gasteiger partial charge in [0.1, 0.15) is 11.3 Å². The Morgan fingerprint density at radius 2 is 1.81 bits per heavy atom. The fraction of sp³-hybridized carbons (Fsp3) is 0.333. The highest BCUT2D eigenvalue weighted by atomic mass is 19.4. The molecule has 11 heteroatoms. The van der Waals surface area contributed by atoms with Gasteiger partial charge in [-0.3, -0.25) is 14.3 Å². The van der Waals surface area contributed by atoms with Gasteiger partial charge in [0.25, 0.3) is 11.5 Å². The molecule has 0 bridgehead atoms. The van der Waals surface area contributed by atoms with Crippen molar-refractivity contribution in [1.82, 2.24) is 24.9 Å². The smallest absolute Gasteiger partial charge is 0.388 e. The topological polar surface area (TPSA) is 102 Å². The number of rotatable bonds is 5. The van der Waals surface area contributed by atoms with Crippen LogP contribution in [0.2, 0.25) is 0 Å². The lowest BCUT2D eigenvalue weighted by atomic mass is 10.0. The highest BCUT2D eigenvalue weighted by Crippen LogP contribution is 2.30. The Hall–Kier alpha value is -3.47. The zero-order valence-electron chi connectivity index (χ0n) is 17.8. The molecule has 8 nitrogen and oxygen atoms in total. The average molecular weight is 449 g/mol. The van der Waals surface area contributed by atoms with Crippen molar-refractivity contribution < 1.29 is 23.1 Å². The van der Waals surface area contributed by atoms with Gasteiger partial charge in [-0.2, -0.15) is 28.1 Å². The SMILES string of the molecule is CC(NC(=O)c1cc(-c2ccc(C(F)(F)F)cc2)nn(-c2cnn(C)c2)c1=O)C(C)(C)O. The van der Waals surface area contributed by atoms with Crippen LogP contribution in [0.5, 0.6) is 0 Å². The van der Waals surface area contributed by atoms with Crippen molar-refractivity contribution in [3.05, 3.63) is 64.2 Å². The lowest BCUT2D eigenvalue weighted by Gasteiger charge is -2.26. The molecule has 0 aliphatic rings. The van der Waals surface area contributed by atoms with E-state index in [1.807, 2.05) is 0 Å². The fourth-order valence-electron chi connectivity index (χ4n) is 2.77. The van der Waals surface area contributed by atoms with Crippen LogP contribution in [-0.4, -0.2) is 42.2 Å². The molecule has 0 radical (unpaired) electrons. The summed E-state index contributed by atoms with van der Waals surface area (Å²) in [7, 11) is 1.63. The van der Waals surface area contributed by atoms with Crippen LogP contribution in [0.4, 0.5) is 13.2 Å². The zero-order valence-corrected chi connectivity index (χ0v) is 17.8. The molecule has 1 atom stereocenters. The molecule has 2 N–H and O–H groups in total. The lowest BCUT2D eigenvalue weighted by molar-refractivity contribution is -0.137. The molecule has 1 amide bonds. The summed E-state index contributed by atoms with van der Waals surface area (Å²) in [5, 5.41) is 20.9. The Bertz CT molecular complexity index is 1190. The Balaban J connectivity index is 2.13. The summed E-state index contributed by atoms with van der Waals surface area (Å²) in [6, 6.07) is 4.74. The molecule has 3 aromatic rings. The number of halogens is 3. The highest BCUT2D eigenvalue weighted by molar-refractivity contribution is 5.95. The first-order valence-corrected chi connectivity index (χ1v) is 9.61. The monoisotopic (exact) mass is 449 g/mol. The normalized spacial score (nSPS) is 13.1. The first kappa shape index (κ1) is 23.2. The van der Waals surface area contributed by atoms with Crippen molar-refractivity contribution in [2.75, 3.05) is 0 Å². The molecule has 0 fully saturated rings. The van der Waals surface area contributed by atoms with E-state index in [9.17, 15) is 27.9 Å². The Morgan fingerprint density at radius 1 is 1.19 bits per heavy atom. The van der Waals surface area contributed by atoms with Crippen LogP contribution < -0.4 is 10.9 Å². The van der Waals surface area contributed by atoms with Crippen LogP contribution in [0.3, 0.4) is 0 Å². The molecule has 0 aliphatic heterocycles. The third-order valence-corrected chi connectivity index (χ3v) is 5.01. The van der Waals surface area contributed by atoms with E-state index in [0.717, 1.165) is 16.8 Å². The molecule has 3 rings (SSSR count). The number of nitrogens with zero attached hydrogens (tertiary/aromatic N) is 4. The van der Waals surface area contributed by atoms with Crippen LogP contribution >= 0.6 is 0 Å². The second-order valence-corrected chi connectivity index (χ2v) is 7.96. The molecule has 0 spiro atoms. The first-order valence-electron chi connectivity index (χ1n) is 9.61. The van der Waals surface area contributed by atoms with Gasteiger partial charge >= 0.3 is 6.18 Å². The van der Waals surface area contributed by atoms with Crippen molar-refractivity contribution in [2.45, 2.75) is 38.6 Å².